The van der Waals surface area contributed by atoms with E-state index in [1.54, 1.807) is 0 Å². The van der Waals surface area contributed by atoms with E-state index in [0.29, 0.717) is 0 Å². The smallest absolute Gasteiger partial charge is 0.216 e. The maximum atomic E-state index is 13.3. The molecule has 0 radical (unpaired) electrons. The summed E-state index contributed by atoms with van der Waals surface area (Å²) in [5.41, 5.74) is -0.304. The van der Waals surface area contributed by atoms with Crippen molar-refractivity contribution in [3.05, 3.63) is 41.4 Å². The molecule has 0 spiro atoms. The number of aromatic nitrogens is 3. The van der Waals surface area contributed by atoms with Crippen LogP contribution in [0.5, 0.6) is 0 Å². The molecule has 0 unspecified atom stereocenters. The molecule has 0 N–H and O–H groups in total. The molecule has 0 aliphatic carbocycles. The van der Waals surface area contributed by atoms with Gasteiger partial charge in [-0.25, -0.2) is 18.7 Å². The fourth-order valence-electron chi connectivity index (χ4n) is 1.11. The van der Waals surface area contributed by atoms with E-state index in [-0.39, 0.29) is 16.7 Å². The highest BCUT2D eigenvalue weighted by molar-refractivity contribution is 6.28. The van der Waals surface area contributed by atoms with Gasteiger partial charge in [0.1, 0.15) is 18.0 Å². The predicted molar refractivity (Wildman–Crippen MR) is 50.2 cm³/mol. The first kappa shape index (κ1) is 9.92. The highest BCUT2D eigenvalue weighted by Crippen LogP contribution is 2.22. The van der Waals surface area contributed by atoms with E-state index in [9.17, 15) is 8.78 Å². The largest absolute Gasteiger partial charge is 0.225 e. The number of hydrogen-bond acceptors (Lipinski definition) is 3. The van der Waals surface area contributed by atoms with Crippen molar-refractivity contribution in [1.82, 2.24) is 15.0 Å². The van der Waals surface area contributed by atoms with Gasteiger partial charge in [-0.3, -0.25) is 0 Å². The van der Waals surface area contributed by atoms with E-state index in [2.05, 4.69) is 15.0 Å². The van der Waals surface area contributed by atoms with Gasteiger partial charge < -0.3 is 0 Å². The van der Waals surface area contributed by atoms with Gasteiger partial charge in [0.15, 0.2) is 5.82 Å². The average Bonchev–Trinajstić information content (AvgIpc) is 2.17. The lowest BCUT2D eigenvalue weighted by atomic mass is 10.2. The monoisotopic (exact) mass is 227 g/mol. The predicted octanol–water partition coefficient (Wildman–Crippen LogP) is 2.47. The summed E-state index contributed by atoms with van der Waals surface area (Å²) in [5, 5.41) is -0.109. The Morgan fingerprint density at radius 1 is 1.07 bits per heavy atom. The van der Waals surface area contributed by atoms with E-state index >= 15 is 0 Å². The van der Waals surface area contributed by atoms with Crippen molar-refractivity contribution in [1.29, 1.82) is 0 Å². The Hall–Kier alpha value is -1.62. The van der Waals surface area contributed by atoms with Crippen LogP contribution in [0.15, 0.2) is 24.5 Å². The van der Waals surface area contributed by atoms with Crippen molar-refractivity contribution < 1.29 is 8.78 Å². The molecule has 0 fully saturated rings. The summed E-state index contributed by atoms with van der Waals surface area (Å²) in [6, 6.07) is 3.50. The fraction of sp³-hybridized carbons (Fsp3) is 0. The second-order valence-corrected chi connectivity index (χ2v) is 3.01. The SMILES string of the molecule is Fc1cccc(F)c1-c1ncnc(Cl)n1. The van der Waals surface area contributed by atoms with E-state index < -0.39 is 11.6 Å². The molecule has 6 heteroatoms. The number of rotatable bonds is 1. The Bertz CT molecular complexity index is 484. The zero-order chi connectivity index (χ0) is 10.8. The van der Waals surface area contributed by atoms with Crippen LogP contribution in [0.4, 0.5) is 8.78 Å². The van der Waals surface area contributed by atoms with E-state index in [1.807, 2.05) is 0 Å². The van der Waals surface area contributed by atoms with Gasteiger partial charge in [-0.2, -0.15) is 4.98 Å². The van der Waals surface area contributed by atoms with Gasteiger partial charge in [-0.15, -0.1) is 0 Å². The zero-order valence-corrected chi connectivity index (χ0v) is 8.04. The number of nitrogens with zero attached hydrogens (tertiary/aromatic N) is 3. The molecule has 0 bridgehead atoms. The van der Waals surface area contributed by atoms with Gasteiger partial charge in [0.2, 0.25) is 5.28 Å². The summed E-state index contributed by atoms with van der Waals surface area (Å²) >= 11 is 5.49. The van der Waals surface area contributed by atoms with Gasteiger partial charge in [-0.1, -0.05) is 6.07 Å². The van der Waals surface area contributed by atoms with Crippen molar-refractivity contribution >= 4 is 11.6 Å². The van der Waals surface area contributed by atoms with E-state index in [1.165, 1.54) is 6.07 Å². The zero-order valence-electron chi connectivity index (χ0n) is 7.28. The Morgan fingerprint density at radius 3 is 2.33 bits per heavy atom. The van der Waals surface area contributed by atoms with Gasteiger partial charge in [-0.05, 0) is 23.7 Å². The molecule has 76 valence electrons. The molecular formula is C9H4ClF2N3. The van der Waals surface area contributed by atoms with Crippen molar-refractivity contribution in [3.63, 3.8) is 0 Å². The van der Waals surface area contributed by atoms with Crippen LogP contribution in [0.3, 0.4) is 0 Å². The van der Waals surface area contributed by atoms with Crippen LogP contribution in [0, 0.1) is 11.6 Å². The average molecular weight is 228 g/mol. The molecule has 0 aliphatic rings. The second-order valence-electron chi connectivity index (χ2n) is 2.67. The second kappa shape index (κ2) is 3.86. The molecular weight excluding hydrogens is 224 g/mol. The lowest BCUT2D eigenvalue weighted by Gasteiger charge is -2.02. The Labute approximate surface area is 88.8 Å². The lowest BCUT2D eigenvalue weighted by Crippen LogP contribution is -1.96. The summed E-state index contributed by atoms with van der Waals surface area (Å²) < 4.78 is 26.6. The summed E-state index contributed by atoms with van der Waals surface area (Å²) in [6.07, 6.45) is 1.09. The number of halogens is 3. The first-order chi connectivity index (χ1) is 7.18. The van der Waals surface area contributed by atoms with Gasteiger partial charge in [0.25, 0.3) is 0 Å². The quantitative estimate of drug-likeness (QED) is 0.751. The van der Waals surface area contributed by atoms with E-state index in [0.717, 1.165) is 18.5 Å². The highest BCUT2D eigenvalue weighted by Gasteiger charge is 2.13. The van der Waals surface area contributed by atoms with Gasteiger partial charge in [0.05, 0.1) is 5.56 Å². The number of benzene rings is 1. The van der Waals surface area contributed by atoms with Crippen LogP contribution in [0.2, 0.25) is 5.28 Å². The van der Waals surface area contributed by atoms with Crippen LogP contribution < -0.4 is 0 Å². The lowest BCUT2D eigenvalue weighted by molar-refractivity contribution is 0.587. The molecule has 1 aromatic heterocycles. The van der Waals surface area contributed by atoms with Crippen LogP contribution in [0.1, 0.15) is 0 Å². The van der Waals surface area contributed by atoms with Gasteiger partial charge in [0, 0.05) is 0 Å². The first-order valence-electron chi connectivity index (χ1n) is 3.97. The third-order valence-electron chi connectivity index (χ3n) is 1.73. The molecule has 15 heavy (non-hydrogen) atoms. The maximum absolute atomic E-state index is 13.3. The molecule has 0 saturated heterocycles. The van der Waals surface area contributed by atoms with Crippen molar-refractivity contribution in [3.8, 4) is 11.4 Å². The number of hydrogen-bond donors (Lipinski definition) is 0. The molecule has 0 atom stereocenters. The third-order valence-corrected chi connectivity index (χ3v) is 1.91. The normalized spacial score (nSPS) is 10.3. The maximum Gasteiger partial charge on any atom is 0.225 e. The Kier molecular flexibility index (Phi) is 2.55. The van der Waals surface area contributed by atoms with Crippen LogP contribution >= 0.6 is 11.6 Å². The van der Waals surface area contributed by atoms with Crippen LogP contribution in [-0.2, 0) is 0 Å². The Balaban J connectivity index is 2.63. The Morgan fingerprint density at radius 2 is 1.73 bits per heavy atom. The molecule has 2 rings (SSSR count). The van der Waals surface area contributed by atoms with E-state index in [4.69, 9.17) is 11.6 Å². The fourth-order valence-corrected chi connectivity index (χ4v) is 1.23. The van der Waals surface area contributed by atoms with Crippen molar-refractivity contribution in [2.24, 2.45) is 0 Å². The molecule has 0 saturated carbocycles. The molecule has 0 amide bonds. The summed E-state index contributed by atoms with van der Waals surface area (Å²) in [6.45, 7) is 0. The van der Waals surface area contributed by atoms with Crippen molar-refractivity contribution in [2.45, 2.75) is 0 Å². The van der Waals surface area contributed by atoms with Gasteiger partial charge >= 0.3 is 0 Å². The van der Waals surface area contributed by atoms with Crippen molar-refractivity contribution in [2.75, 3.05) is 0 Å². The minimum Gasteiger partial charge on any atom is -0.216 e. The summed E-state index contributed by atoms with van der Waals surface area (Å²) in [4.78, 5) is 10.8. The standard InChI is InChI=1S/C9H4ClF2N3/c10-9-14-4-13-8(15-9)7-5(11)2-1-3-6(7)12/h1-4H. The summed E-state index contributed by atoms with van der Waals surface area (Å²) in [5.74, 6) is -1.60. The first-order valence-corrected chi connectivity index (χ1v) is 4.35. The minimum absolute atomic E-state index is 0.109. The van der Waals surface area contributed by atoms with Crippen LogP contribution in [-0.4, -0.2) is 15.0 Å². The minimum atomic E-state index is -0.739. The molecule has 1 heterocycles. The molecule has 1 aromatic carbocycles. The third kappa shape index (κ3) is 1.92. The summed E-state index contributed by atoms with van der Waals surface area (Å²) in [7, 11) is 0. The highest BCUT2D eigenvalue weighted by atomic mass is 35.5. The topological polar surface area (TPSA) is 38.7 Å². The molecule has 0 aliphatic heterocycles. The molecule has 2 aromatic rings. The van der Waals surface area contributed by atoms with Crippen LogP contribution in [0.25, 0.3) is 11.4 Å². The molecule has 3 nitrogen and oxygen atoms in total.